The molecule has 0 radical (unpaired) electrons. The summed E-state index contributed by atoms with van der Waals surface area (Å²) in [5, 5.41) is 11.8. The van der Waals surface area contributed by atoms with Gasteiger partial charge in [-0.1, -0.05) is 127 Å². The van der Waals surface area contributed by atoms with E-state index in [0.717, 1.165) is 27.8 Å². The second-order valence-corrected chi connectivity index (χ2v) is 16.9. The SMILES string of the molecule is [2H]c1nc(-c2cc(-c3cccc4c3nc(-c3cc(C)cc(C)c3O)n4-c3ccc(-c4cc(C(C)C)cc(C([2H])(C)C)c4)cc3C([2H])([2H])[2H])cc(C(C)(C)C)c2)c([2H])c(-c2c([2H])c([2H])c([2H])c([2H])c2[2H])c1[2H]. The fraction of sp³-hybridized carbons (Fsp3) is 0.236. The summed E-state index contributed by atoms with van der Waals surface area (Å²) in [6, 6.07) is 22.0. The van der Waals surface area contributed by atoms with E-state index in [9.17, 15) is 6.48 Å². The number of aromatic hydroxyl groups is 1. The lowest BCUT2D eigenvalue weighted by Crippen LogP contribution is -2.11. The Morgan fingerprint density at radius 1 is 0.712 bits per heavy atom. The van der Waals surface area contributed by atoms with Crippen molar-refractivity contribution in [1.29, 1.82) is 0 Å². The normalized spacial score (nSPS) is 15.2. The van der Waals surface area contributed by atoms with Crippen LogP contribution in [0.5, 0.6) is 5.75 Å². The topological polar surface area (TPSA) is 50.9 Å². The molecule has 6 aromatic carbocycles. The molecule has 0 aliphatic rings. The van der Waals surface area contributed by atoms with Gasteiger partial charge in [0.05, 0.1) is 38.9 Å². The van der Waals surface area contributed by atoms with E-state index in [4.69, 9.17) is 20.1 Å². The smallest absolute Gasteiger partial charge is 0.149 e. The van der Waals surface area contributed by atoms with Crippen molar-refractivity contribution in [2.75, 3.05) is 0 Å². The molecule has 8 rings (SSSR count). The Kier molecular flexibility index (Phi) is 7.20. The number of fused-ring (bicyclic) bond motifs is 1. The van der Waals surface area contributed by atoms with E-state index in [1.807, 2.05) is 108 Å². The highest BCUT2D eigenvalue weighted by atomic mass is 16.3. The summed E-state index contributed by atoms with van der Waals surface area (Å²) in [5.74, 6) is -0.507. The first-order chi connectivity index (χ1) is 33.0. The van der Waals surface area contributed by atoms with Crippen LogP contribution >= 0.6 is 0 Å². The molecular weight excluding hydrogens is 719 g/mol. The first kappa shape index (κ1) is 27.4. The average molecular weight is 786 g/mol. The van der Waals surface area contributed by atoms with Crippen LogP contribution in [0.25, 0.3) is 72.7 Å². The molecule has 4 heteroatoms. The summed E-state index contributed by atoms with van der Waals surface area (Å²) < 4.78 is 107. The Hall–Kier alpha value is -6.26. The molecule has 0 aliphatic carbocycles. The summed E-state index contributed by atoms with van der Waals surface area (Å²) in [6.45, 7) is 14.9. The van der Waals surface area contributed by atoms with Gasteiger partial charge in [-0.15, -0.1) is 0 Å². The number of phenols is 1. The lowest BCUT2D eigenvalue weighted by Gasteiger charge is -2.22. The van der Waals surface area contributed by atoms with Gasteiger partial charge in [0, 0.05) is 22.8 Å². The number of para-hydroxylation sites is 1. The van der Waals surface area contributed by atoms with Crippen LogP contribution in [0, 0.1) is 20.7 Å². The lowest BCUT2D eigenvalue weighted by molar-refractivity contribution is 0.472. The Bertz CT molecular complexity index is 3460. The summed E-state index contributed by atoms with van der Waals surface area (Å²) in [7, 11) is 0. The summed E-state index contributed by atoms with van der Waals surface area (Å²) in [4.78, 5) is 9.70. The summed E-state index contributed by atoms with van der Waals surface area (Å²) in [5.41, 5.74) is 7.53. The van der Waals surface area contributed by atoms with Crippen molar-refractivity contribution in [3.8, 4) is 67.5 Å². The maximum Gasteiger partial charge on any atom is 0.149 e. The fourth-order valence-corrected chi connectivity index (χ4v) is 7.54. The van der Waals surface area contributed by atoms with Crippen LogP contribution in [0.2, 0.25) is 0 Å². The van der Waals surface area contributed by atoms with E-state index in [2.05, 4.69) is 18.8 Å². The Labute approximate surface area is 367 Å². The van der Waals surface area contributed by atoms with Gasteiger partial charge in [-0.05, 0) is 148 Å². The molecule has 0 fully saturated rings. The van der Waals surface area contributed by atoms with E-state index in [1.165, 1.54) is 0 Å². The maximum atomic E-state index is 11.8. The van der Waals surface area contributed by atoms with Gasteiger partial charge in [-0.25, -0.2) is 4.98 Å². The molecule has 0 unspecified atom stereocenters. The highest BCUT2D eigenvalue weighted by Gasteiger charge is 2.24. The zero-order valence-corrected chi connectivity index (χ0v) is 34.9. The first-order valence-electron chi connectivity index (χ1n) is 25.8. The van der Waals surface area contributed by atoms with Crippen LogP contribution in [0.4, 0.5) is 0 Å². The zero-order valence-electron chi connectivity index (χ0n) is 46.9. The van der Waals surface area contributed by atoms with Crippen LogP contribution in [0.15, 0.2) is 133 Å². The van der Waals surface area contributed by atoms with Crippen molar-refractivity contribution in [1.82, 2.24) is 14.5 Å². The van der Waals surface area contributed by atoms with Crippen LogP contribution in [0.1, 0.15) is 110 Å². The van der Waals surface area contributed by atoms with Gasteiger partial charge >= 0.3 is 0 Å². The average Bonchev–Trinajstić information content (AvgIpc) is 3.69. The number of phenolic OH excluding ortho intramolecular Hbond substituents is 1. The van der Waals surface area contributed by atoms with E-state index in [0.29, 0.717) is 50.1 Å². The van der Waals surface area contributed by atoms with Gasteiger partial charge in [-0.3, -0.25) is 9.55 Å². The molecule has 0 saturated carbocycles. The van der Waals surface area contributed by atoms with Crippen LogP contribution in [-0.4, -0.2) is 19.6 Å². The molecule has 0 bridgehead atoms. The second-order valence-electron chi connectivity index (χ2n) is 16.9. The molecule has 0 spiro atoms. The molecule has 59 heavy (non-hydrogen) atoms. The van der Waals surface area contributed by atoms with Crippen molar-refractivity contribution in [3.63, 3.8) is 0 Å². The van der Waals surface area contributed by atoms with Gasteiger partial charge in [0.2, 0.25) is 0 Å². The third kappa shape index (κ3) is 7.72. The van der Waals surface area contributed by atoms with Gasteiger partial charge in [-0.2, -0.15) is 0 Å². The summed E-state index contributed by atoms with van der Waals surface area (Å²) >= 11 is 0. The summed E-state index contributed by atoms with van der Waals surface area (Å²) in [6.07, 6.45) is -0.552. The quantitative estimate of drug-likeness (QED) is 0.167. The van der Waals surface area contributed by atoms with Crippen molar-refractivity contribution < 1.29 is 21.6 Å². The minimum atomic E-state index is -2.63. The number of hydrogen-bond acceptors (Lipinski definition) is 3. The van der Waals surface area contributed by atoms with E-state index in [1.54, 1.807) is 29.7 Å². The van der Waals surface area contributed by atoms with Gasteiger partial charge in [0.1, 0.15) is 11.6 Å². The molecule has 0 saturated heterocycles. The van der Waals surface area contributed by atoms with Gasteiger partial charge in [0.15, 0.2) is 0 Å². The van der Waals surface area contributed by atoms with Crippen LogP contribution in [-0.2, 0) is 5.41 Å². The molecule has 0 aliphatic heterocycles. The number of aryl methyl sites for hydroxylation is 3. The maximum absolute atomic E-state index is 11.8. The predicted molar refractivity (Wildman–Crippen MR) is 249 cm³/mol. The molecule has 2 heterocycles. The minimum Gasteiger partial charge on any atom is -0.507 e. The van der Waals surface area contributed by atoms with Crippen LogP contribution < -0.4 is 0 Å². The highest BCUT2D eigenvalue weighted by molar-refractivity contribution is 5.97. The molecule has 8 aromatic rings. The molecular formula is C55H55N3O. The second kappa shape index (κ2) is 15.5. The molecule has 0 atom stereocenters. The van der Waals surface area contributed by atoms with E-state index < -0.39 is 66.6 Å². The standard InChI is InChI=1S/C55H55N3O/c1-33(2)41-26-42(34(3)4)28-43(27-41)39-19-20-50(36(6)25-39)58-51-18-14-17-47(52(51)57-54(58)48-24-35(5)23-37(7)53(48)59)44-29-45(31-46(30-44)55(8,9)10)49-32-40(21-22-56-49)38-15-12-11-13-16-38/h11-34,59H,1-10H3/i6D3,11D,12D,13D,15D,16D,21D,22D,32D,33D. The number of pyridine rings is 1. The Morgan fingerprint density at radius 3 is 2.20 bits per heavy atom. The zero-order chi connectivity index (χ0) is 52.1. The number of nitrogens with zero attached hydrogens (tertiary/aromatic N) is 3. The molecule has 4 nitrogen and oxygen atoms in total. The Balaban J connectivity index is 1.43. The van der Waals surface area contributed by atoms with Crippen LogP contribution in [0.3, 0.4) is 0 Å². The third-order valence-corrected chi connectivity index (χ3v) is 10.9. The fourth-order valence-electron chi connectivity index (χ4n) is 7.54. The predicted octanol–water partition coefficient (Wildman–Crippen LogP) is 14.9. The molecule has 0 amide bonds. The first-order valence-corrected chi connectivity index (χ1v) is 19.8. The number of imidazole rings is 1. The Morgan fingerprint density at radius 2 is 1.47 bits per heavy atom. The van der Waals surface area contributed by atoms with Gasteiger partial charge < -0.3 is 5.11 Å². The van der Waals surface area contributed by atoms with E-state index in [-0.39, 0.29) is 39.9 Å². The van der Waals surface area contributed by atoms with Crippen molar-refractivity contribution >= 4 is 11.0 Å². The monoisotopic (exact) mass is 786 g/mol. The van der Waals surface area contributed by atoms with Crippen molar-refractivity contribution in [2.24, 2.45) is 0 Å². The highest BCUT2D eigenvalue weighted by Crippen LogP contribution is 2.42. The largest absolute Gasteiger partial charge is 0.507 e. The molecule has 2 aromatic heterocycles. The molecule has 296 valence electrons. The minimum absolute atomic E-state index is 0.0261. The van der Waals surface area contributed by atoms with E-state index >= 15 is 0 Å². The number of rotatable bonds is 8. The lowest BCUT2D eigenvalue weighted by atomic mass is 9.83. The van der Waals surface area contributed by atoms with Crippen molar-refractivity contribution in [2.45, 2.75) is 86.4 Å². The molecule has 1 N–H and O–H groups in total. The number of benzene rings is 6. The van der Waals surface area contributed by atoms with Crippen molar-refractivity contribution in [3.05, 3.63) is 167 Å². The number of aromatic nitrogens is 3. The third-order valence-electron chi connectivity index (χ3n) is 10.9. The van der Waals surface area contributed by atoms with Gasteiger partial charge in [0.25, 0.3) is 0 Å². The number of hydrogen-bond donors (Lipinski definition) is 1.